The van der Waals surface area contributed by atoms with Crippen molar-refractivity contribution in [3.05, 3.63) is 60.2 Å². The fourth-order valence-corrected chi connectivity index (χ4v) is 2.36. The van der Waals surface area contributed by atoms with Crippen molar-refractivity contribution < 1.29 is 13.2 Å². The highest BCUT2D eigenvalue weighted by atomic mass is 19.1. The van der Waals surface area contributed by atoms with Gasteiger partial charge in [-0.15, -0.1) is 0 Å². The summed E-state index contributed by atoms with van der Waals surface area (Å²) in [7, 11) is 0. The number of nitrogens with one attached hydrogen (secondary N) is 2. The molecule has 0 unspecified atom stereocenters. The minimum atomic E-state index is -1.05. The zero-order valence-corrected chi connectivity index (χ0v) is 15.0. The molecule has 8 heteroatoms. The molecule has 0 saturated heterocycles. The lowest BCUT2D eigenvalue weighted by molar-refractivity contribution is 0.548. The van der Waals surface area contributed by atoms with Crippen molar-refractivity contribution in [2.75, 3.05) is 10.6 Å². The van der Waals surface area contributed by atoms with Crippen molar-refractivity contribution in [2.24, 2.45) is 0 Å². The van der Waals surface area contributed by atoms with Crippen molar-refractivity contribution >= 4 is 17.5 Å². The summed E-state index contributed by atoms with van der Waals surface area (Å²) in [5.41, 5.74) is 0.468. The Kier molecular flexibility index (Phi) is 4.98. The smallest absolute Gasteiger partial charge is 0.225 e. The molecule has 2 heterocycles. The topological polar surface area (TPSA) is 62.7 Å². The number of halogens is 3. The van der Waals surface area contributed by atoms with Crippen LogP contribution >= 0.6 is 0 Å². The minimum Gasteiger partial charge on any atom is -0.350 e. The summed E-state index contributed by atoms with van der Waals surface area (Å²) in [5, 5.41) is 5.71. The van der Waals surface area contributed by atoms with Gasteiger partial charge >= 0.3 is 0 Å². The van der Waals surface area contributed by atoms with Gasteiger partial charge in [0.05, 0.1) is 5.69 Å². The van der Waals surface area contributed by atoms with E-state index < -0.39 is 23.1 Å². The first-order chi connectivity index (χ1) is 12.7. The van der Waals surface area contributed by atoms with Gasteiger partial charge in [-0.3, -0.25) is 4.98 Å². The van der Waals surface area contributed by atoms with Crippen LogP contribution in [0.2, 0.25) is 0 Å². The minimum absolute atomic E-state index is 0.160. The lowest BCUT2D eigenvalue weighted by Gasteiger charge is -2.21. The fourth-order valence-electron chi connectivity index (χ4n) is 2.36. The molecule has 3 aromatic rings. The third-order valence-electron chi connectivity index (χ3n) is 3.45. The Labute approximate surface area is 154 Å². The van der Waals surface area contributed by atoms with Crippen LogP contribution in [0.25, 0.3) is 11.3 Å². The second-order valence-electron chi connectivity index (χ2n) is 6.94. The van der Waals surface area contributed by atoms with Crippen LogP contribution in [0.15, 0.2) is 42.7 Å². The Morgan fingerprint density at radius 1 is 0.889 bits per heavy atom. The Bertz CT molecular complexity index is 932. The number of hydrogen-bond donors (Lipinski definition) is 2. The lowest BCUT2D eigenvalue weighted by atomic mass is 10.1. The molecule has 2 N–H and O–H groups in total. The first-order valence-corrected chi connectivity index (χ1v) is 8.20. The Hall–Kier alpha value is -3.16. The van der Waals surface area contributed by atoms with E-state index in [4.69, 9.17) is 0 Å². The summed E-state index contributed by atoms with van der Waals surface area (Å²) in [6.45, 7) is 5.80. The highest BCUT2D eigenvalue weighted by Gasteiger charge is 2.16. The van der Waals surface area contributed by atoms with Gasteiger partial charge in [0.1, 0.15) is 17.3 Å². The maximum atomic E-state index is 14.0. The molecule has 140 valence electrons. The number of anilines is 3. The maximum Gasteiger partial charge on any atom is 0.225 e. The van der Waals surface area contributed by atoms with Crippen LogP contribution < -0.4 is 10.6 Å². The molecule has 1 aromatic carbocycles. The van der Waals surface area contributed by atoms with Gasteiger partial charge in [0, 0.05) is 41.7 Å². The van der Waals surface area contributed by atoms with Crippen LogP contribution in [0.3, 0.4) is 0 Å². The molecule has 0 amide bonds. The van der Waals surface area contributed by atoms with Crippen molar-refractivity contribution in [3.63, 3.8) is 0 Å². The fraction of sp³-hybridized carbons (Fsp3) is 0.211. The van der Waals surface area contributed by atoms with Crippen LogP contribution in [0.4, 0.5) is 30.6 Å². The van der Waals surface area contributed by atoms with E-state index >= 15 is 0 Å². The molecule has 0 radical (unpaired) electrons. The Morgan fingerprint density at radius 3 is 2.11 bits per heavy atom. The number of pyridine rings is 1. The van der Waals surface area contributed by atoms with E-state index in [9.17, 15) is 13.2 Å². The van der Waals surface area contributed by atoms with Crippen LogP contribution in [-0.4, -0.2) is 20.5 Å². The average Bonchev–Trinajstić information content (AvgIpc) is 2.57. The van der Waals surface area contributed by atoms with Gasteiger partial charge in [-0.2, -0.15) is 4.98 Å². The monoisotopic (exact) mass is 373 g/mol. The molecule has 27 heavy (non-hydrogen) atoms. The summed E-state index contributed by atoms with van der Waals surface area (Å²) >= 11 is 0. The molecular weight excluding hydrogens is 355 g/mol. The molecule has 0 fully saturated rings. The predicted molar refractivity (Wildman–Crippen MR) is 98.2 cm³/mol. The van der Waals surface area contributed by atoms with Crippen molar-refractivity contribution in [3.8, 4) is 11.3 Å². The molecule has 3 rings (SSSR count). The zero-order chi connectivity index (χ0) is 19.6. The molecule has 0 aliphatic rings. The summed E-state index contributed by atoms with van der Waals surface area (Å²) in [5.74, 6) is -2.66. The van der Waals surface area contributed by atoms with Gasteiger partial charge in [0.25, 0.3) is 0 Å². The van der Waals surface area contributed by atoms with E-state index in [1.165, 1.54) is 0 Å². The van der Waals surface area contributed by atoms with Crippen molar-refractivity contribution in [2.45, 2.75) is 26.3 Å². The van der Waals surface area contributed by atoms with E-state index in [1.807, 2.05) is 20.8 Å². The van der Waals surface area contributed by atoms with E-state index in [0.717, 1.165) is 5.56 Å². The summed E-state index contributed by atoms with van der Waals surface area (Å²) in [6.07, 6.45) is 3.22. The van der Waals surface area contributed by atoms with E-state index in [2.05, 4.69) is 25.6 Å². The molecule has 0 saturated carbocycles. The maximum absolute atomic E-state index is 14.0. The first kappa shape index (κ1) is 18.6. The Morgan fingerprint density at radius 2 is 1.52 bits per heavy atom. The zero-order valence-electron chi connectivity index (χ0n) is 15.0. The van der Waals surface area contributed by atoms with Gasteiger partial charge in [-0.05, 0) is 32.9 Å². The SMILES string of the molecule is CC(C)(C)Nc1nc(Nc2c(F)cc(F)cc2F)cc(-c2ccncc2)n1. The van der Waals surface area contributed by atoms with Crippen LogP contribution in [0, 0.1) is 17.5 Å². The van der Waals surface area contributed by atoms with Crippen LogP contribution in [-0.2, 0) is 0 Å². The quantitative estimate of drug-likeness (QED) is 0.680. The van der Waals surface area contributed by atoms with Crippen molar-refractivity contribution in [1.82, 2.24) is 15.0 Å². The molecular formula is C19H18F3N5. The van der Waals surface area contributed by atoms with Crippen LogP contribution in [0.1, 0.15) is 20.8 Å². The first-order valence-electron chi connectivity index (χ1n) is 8.20. The molecule has 0 aliphatic carbocycles. The van der Waals surface area contributed by atoms with Gasteiger partial charge in [0.2, 0.25) is 5.95 Å². The normalized spacial score (nSPS) is 11.3. The van der Waals surface area contributed by atoms with Crippen LogP contribution in [0.5, 0.6) is 0 Å². The lowest BCUT2D eigenvalue weighted by Crippen LogP contribution is -2.27. The largest absolute Gasteiger partial charge is 0.350 e. The van der Waals surface area contributed by atoms with Gasteiger partial charge in [-0.25, -0.2) is 18.2 Å². The van der Waals surface area contributed by atoms with E-state index in [0.29, 0.717) is 17.8 Å². The average molecular weight is 373 g/mol. The molecule has 0 atom stereocenters. The molecule has 0 aliphatic heterocycles. The molecule has 0 spiro atoms. The number of aromatic nitrogens is 3. The second kappa shape index (κ2) is 7.22. The number of nitrogens with zero attached hydrogens (tertiary/aromatic N) is 3. The van der Waals surface area contributed by atoms with Gasteiger partial charge in [0.15, 0.2) is 11.6 Å². The standard InChI is InChI=1S/C19H18F3N5/c1-19(2,3)27-18-24-15(11-4-6-23-7-5-11)10-16(26-18)25-17-13(21)8-12(20)9-14(17)22/h4-10H,1-3H3,(H2,24,25,26,27). The third-order valence-corrected chi connectivity index (χ3v) is 3.45. The summed E-state index contributed by atoms with van der Waals surface area (Å²) in [6, 6.07) is 6.26. The van der Waals surface area contributed by atoms with Gasteiger partial charge < -0.3 is 10.6 Å². The predicted octanol–water partition coefficient (Wildman–Crippen LogP) is 4.91. The van der Waals surface area contributed by atoms with E-state index in [-0.39, 0.29) is 17.3 Å². The highest BCUT2D eigenvalue weighted by Crippen LogP contribution is 2.27. The third kappa shape index (κ3) is 4.72. The number of rotatable bonds is 4. The van der Waals surface area contributed by atoms with Crippen molar-refractivity contribution in [1.29, 1.82) is 0 Å². The Balaban J connectivity index is 2.05. The number of hydrogen-bond acceptors (Lipinski definition) is 5. The van der Waals surface area contributed by atoms with E-state index in [1.54, 1.807) is 30.6 Å². The molecule has 2 aromatic heterocycles. The second-order valence-corrected chi connectivity index (χ2v) is 6.94. The number of benzene rings is 1. The molecule has 5 nitrogen and oxygen atoms in total. The summed E-state index contributed by atoms with van der Waals surface area (Å²) < 4.78 is 41.1. The highest BCUT2D eigenvalue weighted by molar-refractivity contribution is 5.67. The molecule has 0 bridgehead atoms. The van der Waals surface area contributed by atoms with Gasteiger partial charge in [-0.1, -0.05) is 0 Å². The summed E-state index contributed by atoms with van der Waals surface area (Å²) in [4.78, 5) is 12.7.